The summed E-state index contributed by atoms with van der Waals surface area (Å²) >= 11 is 0. The van der Waals surface area contributed by atoms with Crippen molar-refractivity contribution in [2.45, 2.75) is 40.5 Å². The highest BCUT2D eigenvalue weighted by Gasteiger charge is 2.16. The maximum Gasteiger partial charge on any atom is 0.323 e. The highest BCUT2D eigenvalue weighted by molar-refractivity contribution is 6.02. The lowest BCUT2D eigenvalue weighted by atomic mass is 10.0. The van der Waals surface area contributed by atoms with Gasteiger partial charge in [-0.1, -0.05) is 49.7 Å². The van der Waals surface area contributed by atoms with Crippen molar-refractivity contribution in [1.29, 1.82) is 0 Å². The van der Waals surface area contributed by atoms with Crippen LogP contribution in [0.15, 0.2) is 42.5 Å². The molecule has 0 atom stereocenters. The van der Waals surface area contributed by atoms with Crippen LogP contribution < -0.4 is 10.6 Å². The molecule has 5 heteroatoms. The SMILES string of the molecule is Cc1ccc(-c2n[nH]c(C)c2NC(=O)Nc2ccc(C(C)C)cc2)c(C)c1. The highest BCUT2D eigenvalue weighted by atomic mass is 16.2. The second-order valence-corrected chi connectivity index (χ2v) is 7.25. The summed E-state index contributed by atoms with van der Waals surface area (Å²) in [6.07, 6.45) is 0. The molecule has 0 radical (unpaired) electrons. The predicted molar refractivity (Wildman–Crippen MR) is 111 cm³/mol. The number of nitrogens with zero attached hydrogens (tertiary/aromatic N) is 1. The third kappa shape index (κ3) is 4.19. The fourth-order valence-corrected chi connectivity index (χ4v) is 3.08. The molecule has 0 aliphatic rings. The van der Waals surface area contributed by atoms with Gasteiger partial charge >= 0.3 is 6.03 Å². The Morgan fingerprint density at radius 1 is 1.00 bits per heavy atom. The van der Waals surface area contributed by atoms with Gasteiger partial charge < -0.3 is 10.6 Å². The van der Waals surface area contributed by atoms with Gasteiger partial charge in [0.2, 0.25) is 0 Å². The van der Waals surface area contributed by atoms with Gasteiger partial charge in [0.25, 0.3) is 0 Å². The molecule has 0 spiro atoms. The van der Waals surface area contributed by atoms with Crippen molar-refractivity contribution >= 4 is 17.4 Å². The topological polar surface area (TPSA) is 69.8 Å². The molecule has 140 valence electrons. The summed E-state index contributed by atoms with van der Waals surface area (Å²) in [6, 6.07) is 13.8. The summed E-state index contributed by atoms with van der Waals surface area (Å²) in [4.78, 5) is 12.5. The van der Waals surface area contributed by atoms with Crippen LogP contribution in [0.5, 0.6) is 0 Å². The largest absolute Gasteiger partial charge is 0.323 e. The lowest BCUT2D eigenvalue weighted by molar-refractivity contribution is 0.262. The Morgan fingerprint density at radius 2 is 1.70 bits per heavy atom. The number of hydrogen-bond acceptors (Lipinski definition) is 2. The lowest BCUT2D eigenvalue weighted by Crippen LogP contribution is -2.20. The smallest absolute Gasteiger partial charge is 0.308 e. The molecule has 0 saturated heterocycles. The number of nitrogens with one attached hydrogen (secondary N) is 3. The van der Waals surface area contributed by atoms with Gasteiger partial charge in [-0.25, -0.2) is 4.79 Å². The first-order valence-electron chi connectivity index (χ1n) is 9.15. The van der Waals surface area contributed by atoms with Crippen molar-refractivity contribution in [2.75, 3.05) is 10.6 Å². The van der Waals surface area contributed by atoms with Gasteiger partial charge in [0, 0.05) is 11.3 Å². The molecule has 3 aromatic rings. The van der Waals surface area contributed by atoms with E-state index in [0.717, 1.165) is 28.2 Å². The molecule has 1 aromatic heterocycles. The quantitative estimate of drug-likeness (QED) is 0.551. The van der Waals surface area contributed by atoms with Gasteiger partial charge in [-0.15, -0.1) is 0 Å². The standard InChI is InChI=1S/C22H26N4O/c1-13(2)17-7-9-18(10-8-17)23-22(27)24-20-16(5)25-26-21(20)19-11-6-14(3)12-15(19)4/h6-13H,1-5H3,(H,25,26)(H2,23,24,27). The molecule has 27 heavy (non-hydrogen) atoms. The zero-order chi connectivity index (χ0) is 19.6. The third-order valence-corrected chi connectivity index (χ3v) is 4.66. The van der Waals surface area contributed by atoms with Crippen LogP contribution in [0.3, 0.4) is 0 Å². The van der Waals surface area contributed by atoms with E-state index in [1.165, 1.54) is 11.1 Å². The van der Waals surface area contributed by atoms with E-state index in [4.69, 9.17) is 0 Å². The Morgan fingerprint density at radius 3 is 2.33 bits per heavy atom. The third-order valence-electron chi connectivity index (χ3n) is 4.66. The molecule has 2 amide bonds. The van der Waals surface area contributed by atoms with Gasteiger partial charge in [-0.2, -0.15) is 5.10 Å². The Hall–Kier alpha value is -3.08. The number of rotatable bonds is 4. The Kier molecular flexibility index (Phi) is 5.31. The fourth-order valence-electron chi connectivity index (χ4n) is 3.08. The maximum atomic E-state index is 12.5. The van der Waals surface area contributed by atoms with E-state index < -0.39 is 0 Å². The first-order chi connectivity index (χ1) is 12.8. The van der Waals surface area contributed by atoms with E-state index >= 15 is 0 Å². The molecular weight excluding hydrogens is 336 g/mol. The molecule has 3 N–H and O–H groups in total. The molecule has 2 aromatic carbocycles. The van der Waals surface area contributed by atoms with Gasteiger partial charge in [0.1, 0.15) is 5.69 Å². The molecular formula is C22H26N4O. The normalized spacial score (nSPS) is 10.9. The van der Waals surface area contributed by atoms with Gasteiger partial charge in [-0.05, 0) is 49.9 Å². The molecule has 1 heterocycles. The summed E-state index contributed by atoms with van der Waals surface area (Å²) in [5.74, 6) is 0.460. The summed E-state index contributed by atoms with van der Waals surface area (Å²) in [5, 5.41) is 13.2. The van der Waals surface area contributed by atoms with Crippen molar-refractivity contribution in [3.8, 4) is 11.3 Å². The van der Waals surface area contributed by atoms with E-state index in [2.05, 4.69) is 47.7 Å². The van der Waals surface area contributed by atoms with Crippen molar-refractivity contribution in [1.82, 2.24) is 10.2 Å². The molecule has 3 rings (SSSR count). The molecule has 0 aliphatic carbocycles. The van der Waals surface area contributed by atoms with Gasteiger partial charge in [-0.3, -0.25) is 5.10 Å². The Balaban J connectivity index is 1.79. The van der Waals surface area contributed by atoms with Crippen molar-refractivity contribution in [3.63, 3.8) is 0 Å². The number of amides is 2. The first-order valence-corrected chi connectivity index (χ1v) is 9.15. The molecule has 0 bridgehead atoms. The fraction of sp³-hybridized carbons (Fsp3) is 0.273. The molecule has 0 fully saturated rings. The number of H-pyrrole nitrogens is 1. The van der Waals surface area contributed by atoms with Crippen molar-refractivity contribution in [3.05, 3.63) is 64.8 Å². The first kappa shape index (κ1) is 18.7. The number of carbonyl (C=O) groups is 1. The molecule has 0 saturated carbocycles. The van der Waals surface area contributed by atoms with E-state index in [9.17, 15) is 4.79 Å². The van der Waals surface area contributed by atoms with Crippen LogP contribution in [0.1, 0.15) is 42.1 Å². The predicted octanol–water partition coefficient (Wildman–Crippen LogP) is 5.77. The number of aromatic amines is 1. The highest BCUT2D eigenvalue weighted by Crippen LogP contribution is 2.31. The summed E-state index contributed by atoms with van der Waals surface area (Å²) in [7, 11) is 0. The lowest BCUT2D eigenvalue weighted by Gasteiger charge is -2.11. The van der Waals surface area contributed by atoms with Crippen LogP contribution in [-0.4, -0.2) is 16.2 Å². The Labute approximate surface area is 160 Å². The molecule has 0 aliphatic heterocycles. The van der Waals surface area contributed by atoms with Crippen molar-refractivity contribution < 1.29 is 4.79 Å². The summed E-state index contributed by atoms with van der Waals surface area (Å²) in [6.45, 7) is 10.3. The zero-order valence-electron chi connectivity index (χ0n) is 16.5. The number of urea groups is 1. The van der Waals surface area contributed by atoms with Crippen LogP contribution in [-0.2, 0) is 0 Å². The monoisotopic (exact) mass is 362 g/mol. The van der Waals surface area contributed by atoms with Crippen LogP contribution in [0.25, 0.3) is 11.3 Å². The number of aromatic nitrogens is 2. The molecule has 0 unspecified atom stereocenters. The number of anilines is 2. The minimum Gasteiger partial charge on any atom is -0.308 e. The zero-order valence-corrected chi connectivity index (χ0v) is 16.5. The van der Waals surface area contributed by atoms with E-state index in [-0.39, 0.29) is 6.03 Å². The van der Waals surface area contributed by atoms with Crippen molar-refractivity contribution in [2.24, 2.45) is 0 Å². The van der Waals surface area contributed by atoms with Crippen LogP contribution >= 0.6 is 0 Å². The van der Waals surface area contributed by atoms with Crippen LogP contribution in [0, 0.1) is 20.8 Å². The minimum absolute atomic E-state index is 0.289. The number of carbonyl (C=O) groups excluding carboxylic acids is 1. The van der Waals surface area contributed by atoms with Gasteiger partial charge in [0.15, 0.2) is 0 Å². The van der Waals surface area contributed by atoms with Gasteiger partial charge in [0.05, 0.1) is 11.4 Å². The molecule has 5 nitrogen and oxygen atoms in total. The average molecular weight is 362 g/mol. The van der Waals surface area contributed by atoms with Crippen LogP contribution in [0.2, 0.25) is 0 Å². The average Bonchev–Trinajstić information content (AvgIpc) is 2.96. The second-order valence-electron chi connectivity index (χ2n) is 7.25. The number of hydrogen-bond donors (Lipinski definition) is 3. The summed E-state index contributed by atoms with van der Waals surface area (Å²) < 4.78 is 0. The Bertz CT molecular complexity index is 955. The van der Waals surface area contributed by atoms with Crippen LogP contribution in [0.4, 0.5) is 16.2 Å². The van der Waals surface area contributed by atoms with E-state index in [0.29, 0.717) is 11.6 Å². The van der Waals surface area contributed by atoms with E-state index in [1.807, 2.05) is 50.2 Å². The van der Waals surface area contributed by atoms with E-state index in [1.54, 1.807) is 0 Å². The minimum atomic E-state index is -0.289. The second kappa shape index (κ2) is 7.66. The number of benzene rings is 2. The maximum absolute atomic E-state index is 12.5. The number of aryl methyl sites for hydroxylation is 3. The summed E-state index contributed by atoms with van der Waals surface area (Å²) in [5.41, 5.74) is 7.56.